The molecular weight excluding hydrogens is 172 g/mol. The van der Waals surface area contributed by atoms with Crippen LogP contribution in [0.3, 0.4) is 0 Å². The maximum Gasteiger partial charge on any atom is 0.431 e. The standard InChI is InChI=1S/C8H18N2O3/c1-8(2,3)13-7(11)10-12-6-4-5-9/h4-6,9H2,1-3H3,(H,10,11). The lowest BCUT2D eigenvalue weighted by Gasteiger charge is -2.19. The van der Waals surface area contributed by atoms with Gasteiger partial charge in [-0.1, -0.05) is 0 Å². The molecule has 0 saturated heterocycles. The summed E-state index contributed by atoms with van der Waals surface area (Å²) in [5, 5.41) is 0. The number of nitrogens with two attached hydrogens (primary N) is 1. The molecule has 0 unspecified atom stereocenters. The fourth-order valence-electron chi connectivity index (χ4n) is 0.564. The number of amides is 1. The van der Waals surface area contributed by atoms with Crippen molar-refractivity contribution in [3.8, 4) is 0 Å². The highest BCUT2D eigenvalue weighted by molar-refractivity contribution is 5.66. The Bertz CT molecular complexity index is 154. The summed E-state index contributed by atoms with van der Waals surface area (Å²) in [6.07, 6.45) is 0.125. The molecule has 0 aromatic carbocycles. The average Bonchev–Trinajstić information content (AvgIpc) is 1.94. The molecule has 0 aliphatic heterocycles. The molecule has 0 spiro atoms. The Morgan fingerprint density at radius 3 is 2.54 bits per heavy atom. The second kappa shape index (κ2) is 5.77. The quantitative estimate of drug-likeness (QED) is 0.507. The molecule has 3 N–H and O–H groups in total. The monoisotopic (exact) mass is 190 g/mol. The molecule has 13 heavy (non-hydrogen) atoms. The van der Waals surface area contributed by atoms with E-state index in [1.807, 2.05) is 0 Å². The zero-order valence-corrected chi connectivity index (χ0v) is 8.42. The molecule has 0 saturated carbocycles. The van der Waals surface area contributed by atoms with Crippen LogP contribution in [-0.2, 0) is 9.57 Å². The predicted molar refractivity (Wildman–Crippen MR) is 49.0 cm³/mol. The van der Waals surface area contributed by atoms with Gasteiger partial charge in [-0.15, -0.1) is 0 Å². The Hall–Kier alpha value is -0.810. The SMILES string of the molecule is CC(C)(C)OC(=O)NOCCCN. The van der Waals surface area contributed by atoms with Crippen LogP contribution in [0.2, 0.25) is 0 Å². The van der Waals surface area contributed by atoms with E-state index in [0.717, 1.165) is 0 Å². The summed E-state index contributed by atoms with van der Waals surface area (Å²) in [5.41, 5.74) is 6.88. The second-order valence-electron chi connectivity index (χ2n) is 3.59. The largest absolute Gasteiger partial charge is 0.442 e. The van der Waals surface area contributed by atoms with Crippen LogP contribution in [0.1, 0.15) is 27.2 Å². The third kappa shape index (κ3) is 9.10. The van der Waals surface area contributed by atoms with Crippen molar-refractivity contribution in [1.82, 2.24) is 5.48 Å². The van der Waals surface area contributed by atoms with Crippen LogP contribution in [0.15, 0.2) is 0 Å². The molecule has 0 rings (SSSR count). The number of carbonyl (C=O) groups is 1. The zero-order valence-electron chi connectivity index (χ0n) is 8.42. The third-order valence-corrected chi connectivity index (χ3v) is 1.00. The van der Waals surface area contributed by atoms with E-state index in [-0.39, 0.29) is 0 Å². The van der Waals surface area contributed by atoms with Gasteiger partial charge in [-0.05, 0) is 33.7 Å². The number of carbonyl (C=O) groups excluding carboxylic acids is 1. The Morgan fingerprint density at radius 2 is 2.08 bits per heavy atom. The van der Waals surface area contributed by atoms with Crippen molar-refractivity contribution >= 4 is 6.09 Å². The fourth-order valence-corrected chi connectivity index (χ4v) is 0.564. The minimum atomic E-state index is -0.579. The van der Waals surface area contributed by atoms with Crippen LogP contribution in [0.25, 0.3) is 0 Å². The maximum absolute atomic E-state index is 10.9. The van der Waals surface area contributed by atoms with E-state index in [0.29, 0.717) is 19.6 Å². The topological polar surface area (TPSA) is 73.6 Å². The lowest BCUT2D eigenvalue weighted by molar-refractivity contribution is -0.00784. The molecule has 1 amide bonds. The van der Waals surface area contributed by atoms with Crippen LogP contribution < -0.4 is 11.2 Å². The molecule has 0 aromatic heterocycles. The van der Waals surface area contributed by atoms with E-state index in [1.54, 1.807) is 20.8 Å². The van der Waals surface area contributed by atoms with Crippen molar-refractivity contribution in [3.63, 3.8) is 0 Å². The predicted octanol–water partition coefficient (Wildman–Crippen LogP) is 0.792. The van der Waals surface area contributed by atoms with Crippen molar-refractivity contribution in [2.75, 3.05) is 13.2 Å². The average molecular weight is 190 g/mol. The van der Waals surface area contributed by atoms with Crippen molar-refractivity contribution in [2.45, 2.75) is 32.8 Å². The van der Waals surface area contributed by atoms with Gasteiger partial charge in [0.2, 0.25) is 0 Å². The summed E-state index contributed by atoms with van der Waals surface area (Å²) in [5.74, 6) is 0. The van der Waals surface area contributed by atoms with Crippen LogP contribution in [0.5, 0.6) is 0 Å². The van der Waals surface area contributed by atoms with Gasteiger partial charge in [0.05, 0.1) is 6.61 Å². The van der Waals surface area contributed by atoms with E-state index in [9.17, 15) is 4.79 Å². The van der Waals surface area contributed by atoms with Crippen molar-refractivity contribution in [2.24, 2.45) is 5.73 Å². The molecule has 0 radical (unpaired) electrons. The Morgan fingerprint density at radius 1 is 1.46 bits per heavy atom. The first-order valence-corrected chi connectivity index (χ1v) is 4.26. The summed E-state index contributed by atoms with van der Waals surface area (Å²) in [6.45, 7) is 6.29. The van der Waals surface area contributed by atoms with E-state index < -0.39 is 11.7 Å². The third-order valence-electron chi connectivity index (χ3n) is 1.00. The Kier molecular flexibility index (Phi) is 5.41. The highest BCUT2D eigenvalue weighted by Gasteiger charge is 2.15. The van der Waals surface area contributed by atoms with E-state index in [1.165, 1.54) is 0 Å². The number of hydroxylamine groups is 1. The molecule has 0 atom stereocenters. The lowest BCUT2D eigenvalue weighted by Crippen LogP contribution is -2.32. The second-order valence-corrected chi connectivity index (χ2v) is 3.59. The molecule has 0 aliphatic carbocycles. The summed E-state index contributed by atoms with van der Waals surface area (Å²) >= 11 is 0. The van der Waals surface area contributed by atoms with Gasteiger partial charge < -0.3 is 10.5 Å². The molecule has 0 fully saturated rings. The van der Waals surface area contributed by atoms with E-state index in [2.05, 4.69) is 5.48 Å². The van der Waals surface area contributed by atoms with Crippen molar-refractivity contribution in [1.29, 1.82) is 0 Å². The molecule has 0 bridgehead atoms. The highest BCUT2D eigenvalue weighted by Crippen LogP contribution is 2.06. The van der Waals surface area contributed by atoms with Gasteiger partial charge in [-0.3, -0.25) is 4.84 Å². The van der Waals surface area contributed by atoms with Crippen LogP contribution in [0, 0.1) is 0 Å². The first kappa shape index (κ1) is 12.2. The fraction of sp³-hybridized carbons (Fsp3) is 0.875. The normalized spacial score (nSPS) is 11.1. The van der Waals surface area contributed by atoms with E-state index >= 15 is 0 Å². The minimum Gasteiger partial charge on any atom is -0.442 e. The highest BCUT2D eigenvalue weighted by atomic mass is 16.7. The van der Waals surface area contributed by atoms with Crippen molar-refractivity contribution in [3.05, 3.63) is 0 Å². The van der Waals surface area contributed by atoms with Crippen LogP contribution in [0.4, 0.5) is 4.79 Å². The molecule has 78 valence electrons. The molecule has 0 aliphatic rings. The zero-order chi connectivity index (χ0) is 10.3. The van der Waals surface area contributed by atoms with Gasteiger partial charge in [0.15, 0.2) is 0 Å². The number of hydrogen-bond acceptors (Lipinski definition) is 4. The van der Waals surface area contributed by atoms with E-state index in [4.69, 9.17) is 15.3 Å². The summed E-state index contributed by atoms with van der Waals surface area (Å²) in [4.78, 5) is 15.7. The first-order valence-electron chi connectivity index (χ1n) is 4.26. The number of rotatable bonds is 4. The summed E-state index contributed by atoms with van der Waals surface area (Å²) in [6, 6.07) is 0. The molecular formula is C8H18N2O3. The molecule has 0 aromatic rings. The van der Waals surface area contributed by atoms with Crippen LogP contribution in [-0.4, -0.2) is 24.8 Å². The maximum atomic E-state index is 10.9. The van der Waals surface area contributed by atoms with Gasteiger partial charge in [-0.2, -0.15) is 5.48 Å². The minimum absolute atomic E-state index is 0.399. The number of hydrogen-bond donors (Lipinski definition) is 2. The number of ether oxygens (including phenoxy) is 1. The van der Waals surface area contributed by atoms with Crippen LogP contribution >= 0.6 is 0 Å². The lowest BCUT2D eigenvalue weighted by atomic mass is 10.2. The van der Waals surface area contributed by atoms with Gasteiger partial charge in [0.1, 0.15) is 5.60 Å². The first-order chi connectivity index (χ1) is 5.95. The Labute approximate surface area is 78.5 Å². The molecule has 5 heteroatoms. The molecule has 5 nitrogen and oxygen atoms in total. The van der Waals surface area contributed by atoms with Gasteiger partial charge >= 0.3 is 6.09 Å². The van der Waals surface area contributed by atoms with Gasteiger partial charge in [0.25, 0.3) is 0 Å². The summed E-state index contributed by atoms with van der Waals surface area (Å²) < 4.78 is 4.91. The van der Waals surface area contributed by atoms with Crippen molar-refractivity contribution < 1.29 is 14.4 Å². The molecule has 0 heterocycles. The van der Waals surface area contributed by atoms with Gasteiger partial charge in [0, 0.05) is 0 Å². The van der Waals surface area contributed by atoms with Gasteiger partial charge in [-0.25, -0.2) is 4.79 Å². The number of nitrogens with one attached hydrogen (secondary N) is 1. The summed E-state index contributed by atoms with van der Waals surface area (Å²) in [7, 11) is 0. The Balaban J connectivity index is 3.41. The smallest absolute Gasteiger partial charge is 0.431 e.